The molecular weight excluding hydrogens is 206 g/mol. The molecule has 17 heavy (non-hydrogen) atoms. The molecule has 0 saturated carbocycles. The minimum atomic E-state index is 0.549. The number of rotatable bonds is 0. The molecule has 0 spiro atoms. The lowest BCUT2D eigenvalue weighted by Gasteiger charge is -2.25. The average molecular weight is 221 g/mol. The fourth-order valence-corrected chi connectivity index (χ4v) is 3.53. The van der Waals surface area contributed by atoms with E-state index in [1.165, 1.54) is 11.4 Å². The third-order valence-corrected chi connectivity index (χ3v) is 4.37. The Hall–Kier alpha value is -1.72. The molecule has 1 nitrogen and oxygen atoms in total. The second kappa shape index (κ2) is 3.15. The van der Waals surface area contributed by atoms with Gasteiger partial charge in [-0.1, -0.05) is 18.2 Å². The van der Waals surface area contributed by atoms with Crippen LogP contribution in [-0.4, -0.2) is 11.9 Å². The highest BCUT2D eigenvalue weighted by atomic mass is 15.1. The summed E-state index contributed by atoms with van der Waals surface area (Å²) in [7, 11) is 2.19. The Balaban J connectivity index is 1.86. The Kier molecular flexibility index (Phi) is 1.73. The maximum Gasteiger partial charge on any atom is 0.0408 e. The molecule has 0 radical (unpaired) electrons. The summed E-state index contributed by atoms with van der Waals surface area (Å²) in [6.45, 7) is 0. The van der Waals surface area contributed by atoms with Crippen molar-refractivity contribution >= 4 is 0 Å². The van der Waals surface area contributed by atoms with E-state index in [2.05, 4.69) is 60.2 Å². The highest BCUT2D eigenvalue weighted by Gasteiger charge is 2.40. The number of nitrogens with zero attached hydrogens (tertiary/aromatic N) is 1. The van der Waals surface area contributed by atoms with E-state index in [0.29, 0.717) is 17.8 Å². The fourth-order valence-electron chi connectivity index (χ4n) is 3.53. The van der Waals surface area contributed by atoms with Crippen LogP contribution in [0.1, 0.15) is 6.42 Å². The smallest absolute Gasteiger partial charge is 0.0408 e. The van der Waals surface area contributed by atoms with E-state index in [9.17, 15) is 0 Å². The van der Waals surface area contributed by atoms with Crippen LogP contribution in [0.15, 0.2) is 65.2 Å². The Morgan fingerprint density at radius 1 is 1.35 bits per heavy atom. The molecule has 4 aliphatic rings. The second-order valence-electron chi connectivity index (χ2n) is 5.17. The third-order valence-electron chi connectivity index (χ3n) is 4.37. The number of allylic oxidation sites excluding steroid dienone is 7. The molecule has 0 aromatic heterocycles. The predicted octanol–water partition coefficient (Wildman–Crippen LogP) is 3.17. The highest BCUT2D eigenvalue weighted by molar-refractivity contribution is 5.50. The number of fused-ring (bicyclic) bond motifs is 4. The van der Waals surface area contributed by atoms with Crippen LogP contribution in [0.3, 0.4) is 0 Å². The van der Waals surface area contributed by atoms with Gasteiger partial charge in [-0.2, -0.15) is 0 Å². The highest BCUT2D eigenvalue weighted by Crippen LogP contribution is 2.49. The lowest BCUT2D eigenvalue weighted by atomic mass is 9.77. The molecule has 1 aliphatic heterocycles. The van der Waals surface area contributed by atoms with Crippen molar-refractivity contribution in [2.45, 2.75) is 6.42 Å². The van der Waals surface area contributed by atoms with E-state index >= 15 is 0 Å². The molecule has 0 aromatic rings. The first-order valence-electron chi connectivity index (χ1n) is 6.31. The van der Waals surface area contributed by atoms with Gasteiger partial charge in [0.25, 0.3) is 0 Å². The normalized spacial score (nSPS) is 36.2. The zero-order valence-corrected chi connectivity index (χ0v) is 9.93. The predicted molar refractivity (Wildman–Crippen MR) is 68.9 cm³/mol. The minimum Gasteiger partial charge on any atom is -0.348 e. The minimum absolute atomic E-state index is 0.549. The van der Waals surface area contributed by atoms with Crippen molar-refractivity contribution in [2.75, 3.05) is 7.05 Å². The molecule has 3 aliphatic carbocycles. The van der Waals surface area contributed by atoms with E-state index < -0.39 is 0 Å². The third kappa shape index (κ3) is 1.10. The Morgan fingerprint density at radius 3 is 3.24 bits per heavy atom. The van der Waals surface area contributed by atoms with Crippen molar-refractivity contribution in [2.24, 2.45) is 17.8 Å². The largest absolute Gasteiger partial charge is 0.348 e. The lowest BCUT2D eigenvalue weighted by Crippen LogP contribution is -2.17. The molecule has 1 heterocycles. The Morgan fingerprint density at radius 2 is 2.29 bits per heavy atom. The van der Waals surface area contributed by atoms with Crippen molar-refractivity contribution in [1.29, 1.82) is 0 Å². The lowest BCUT2D eigenvalue weighted by molar-refractivity contribution is 0.510. The summed E-state index contributed by atoms with van der Waals surface area (Å²) < 4.78 is 0. The summed E-state index contributed by atoms with van der Waals surface area (Å²) in [6.07, 6.45) is 17.0. The van der Waals surface area contributed by atoms with Gasteiger partial charge in [-0.25, -0.2) is 0 Å². The monoisotopic (exact) mass is 221 g/mol. The summed E-state index contributed by atoms with van der Waals surface area (Å²) in [4.78, 5) is 2.36. The van der Waals surface area contributed by atoms with Crippen LogP contribution >= 0.6 is 0 Å². The first kappa shape index (κ1) is 9.32. The van der Waals surface area contributed by atoms with Crippen molar-refractivity contribution in [3.8, 4) is 0 Å². The first-order valence-corrected chi connectivity index (χ1v) is 6.31. The van der Waals surface area contributed by atoms with Crippen LogP contribution in [0.5, 0.6) is 0 Å². The van der Waals surface area contributed by atoms with Crippen molar-refractivity contribution in [3.05, 3.63) is 65.2 Å². The van der Waals surface area contributed by atoms with Gasteiger partial charge in [0, 0.05) is 36.2 Å². The zero-order valence-electron chi connectivity index (χ0n) is 9.93. The van der Waals surface area contributed by atoms with Crippen molar-refractivity contribution < 1.29 is 0 Å². The van der Waals surface area contributed by atoms with Crippen molar-refractivity contribution in [3.63, 3.8) is 0 Å². The number of hydrogen-bond donors (Lipinski definition) is 0. The summed E-state index contributed by atoms with van der Waals surface area (Å²) in [5.74, 6) is 1.70. The SMILES string of the molecule is CN1C2=CC=CCC2C2=C1C=CC1C=C=CC21. The van der Waals surface area contributed by atoms with E-state index in [1.807, 2.05) is 0 Å². The van der Waals surface area contributed by atoms with Crippen LogP contribution in [0.25, 0.3) is 0 Å². The van der Waals surface area contributed by atoms with E-state index in [1.54, 1.807) is 5.57 Å². The number of hydrogen-bond acceptors (Lipinski definition) is 1. The van der Waals surface area contributed by atoms with Crippen LogP contribution in [0.4, 0.5) is 0 Å². The average Bonchev–Trinajstić information content (AvgIpc) is 2.93. The molecule has 1 heteroatoms. The topological polar surface area (TPSA) is 3.24 Å². The van der Waals surface area contributed by atoms with Crippen LogP contribution in [0.2, 0.25) is 0 Å². The standard InChI is InChI=1S/C16H15N/c1-17-14-8-3-2-6-13(14)16-12-7-4-5-11(12)9-10-15(16)17/h2-3,5,7-13H,6H2,1H3. The Bertz CT molecular complexity index is 564. The zero-order chi connectivity index (χ0) is 11.4. The molecule has 4 rings (SSSR count). The van der Waals surface area contributed by atoms with Gasteiger partial charge >= 0.3 is 0 Å². The van der Waals surface area contributed by atoms with Gasteiger partial charge in [0.05, 0.1) is 0 Å². The quantitative estimate of drug-likeness (QED) is 0.568. The molecular formula is C16H15N. The molecule has 0 amide bonds. The molecule has 3 atom stereocenters. The van der Waals surface area contributed by atoms with Crippen molar-refractivity contribution in [1.82, 2.24) is 4.90 Å². The van der Waals surface area contributed by atoms with Crippen LogP contribution in [0, 0.1) is 17.8 Å². The molecule has 0 bridgehead atoms. The van der Waals surface area contributed by atoms with Crippen LogP contribution in [-0.2, 0) is 0 Å². The van der Waals surface area contributed by atoms with Crippen LogP contribution < -0.4 is 0 Å². The summed E-state index contributed by atoms with van der Waals surface area (Å²) in [5.41, 5.74) is 7.78. The maximum absolute atomic E-state index is 3.30. The van der Waals surface area contributed by atoms with Gasteiger partial charge < -0.3 is 4.90 Å². The van der Waals surface area contributed by atoms with Gasteiger partial charge in [-0.3, -0.25) is 0 Å². The van der Waals surface area contributed by atoms with E-state index in [-0.39, 0.29) is 0 Å². The summed E-state index contributed by atoms with van der Waals surface area (Å²) in [6, 6.07) is 0. The van der Waals surface area contributed by atoms with Gasteiger partial charge in [-0.15, -0.1) is 5.73 Å². The van der Waals surface area contributed by atoms with E-state index in [0.717, 1.165) is 6.42 Å². The van der Waals surface area contributed by atoms with Gasteiger partial charge in [0.2, 0.25) is 0 Å². The molecule has 84 valence electrons. The fraction of sp³-hybridized carbons (Fsp3) is 0.312. The molecule has 0 saturated heterocycles. The first-order chi connectivity index (χ1) is 8.36. The molecule has 3 unspecified atom stereocenters. The maximum atomic E-state index is 3.30. The Labute approximate surface area is 102 Å². The van der Waals surface area contributed by atoms with Gasteiger partial charge in [0.1, 0.15) is 0 Å². The molecule has 0 N–H and O–H groups in total. The van der Waals surface area contributed by atoms with E-state index in [4.69, 9.17) is 0 Å². The van der Waals surface area contributed by atoms with Gasteiger partial charge in [-0.05, 0) is 36.3 Å². The molecule has 0 fully saturated rings. The summed E-state index contributed by atoms with van der Waals surface area (Å²) >= 11 is 0. The molecule has 0 aromatic carbocycles. The second-order valence-corrected chi connectivity index (χ2v) is 5.17. The summed E-state index contributed by atoms with van der Waals surface area (Å²) in [5, 5.41) is 0. The van der Waals surface area contributed by atoms with Gasteiger partial charge in [0.15, 0.2) is 0 Å². The number of likely N-dealkylation sites (N-methyl/N-ethyl adjacent to an activating group) is 1.